The van der Waals surface area contributed by atoms with Crippen molar-refractivity contribution in [3.63, 3.8) is 0 Å². The van der Waals surface area contributed by atoms with Crippen LogP contribution in [0, 0.1) is 0 Å². The average Bonchev–Trinajstić information content (AvgIpc) is 2.34. The Balaban J connectivity index is 2.72. The van der Waals surface area contributed by atoms with Crippen molar-refractivity contribution >= 4 is 28.7 Å². The molecular formula is C5H4N2O3S. The molecule has 0 unspecified atom stereocenters. The quantitative estimate of drug-likeness (QED) is 0.653. The Morgan fingerprint density at radius 2 is 2.55 bits per heavy atom. The number of carbonyl (C=O) groups excluding carboxylic acids is 1. The van der Waals surface area contributed by atoms with Gasteiger partial charge in [0.25, 0.3) is 0 Å². The first-order valence-corrected chi connectivity index (χ1v) is 3.45. The molecule has 1 rings (SSSR count). The van der Waals surface area contributed by atoms with Crippen LogP contribution in [0.2, 0.25) is 0 Å². The second kappa shape index (κ2) is 3.11. The minimum Gasteiger partial charge on any atom is -0.465 e. The van der Waals surface area contributed by atoms with Gasteiger partial charge in [0.15, 0.2) is 11.3 Å². The maximum atomic E-state index is 10.1. The Hall–Kier alpha value is -1.43. The van der Waals surface area contributed by atoms with Gasteiger partial charge in [0, 0.05) is 0 Å². The number of amides is 1. The van der Waals surface area contributed by atoms with E-state index in [2.05, 4.69) is 10.3 Å². The predicted molar refractivity (Wildman–Crippen MR) is 39.1 cm³/mol. The van der Waals surface area contributed by atoms with E-state index in [-0.39, 0.29) is 5.01 Å². The van der Waals surface area contributed by atoms with Crippen LogP contribution in [0.5, 0.6) is 0 Å². The third-order valence-electron chi connectivity index (χ3n) is 0.855. The van der Waals surface area contributed by atoms with Gasteiger partial charge in [-0.15, -0.1) is 0 Å². The summed E-state index contributed by atoms with van der Waals surface area (Å²) in [5.74, 6) is 0. The molecule has 5 nitrogen and oxygen atoms in total. The number of hydrogen-bond donors (Lipinski definition) is 2. The van der Waals surface area contributed by atoms with Gasteiger partial charge >= 0.3 is 6.09 Å². The fraction of sp³-hybridized carbons (Fsp3) is 0. The van der Waals surface area contributed by atoms with Gasteiger partial charge < -0.3 is 5.11 Å². The second-order valence-corrected chi connectivity index (χ2v) is 2.67. The summed E-state index contributed by atoms with van der Waals surface area (Å²) in [7, 11) is 0. The Morgan fingerprint density at radius 1 is 1.82 bits per heavy atom. The lowest BCUT2D eigenvalue weighted by Crippen LogP contribution is -2.05. The Bertz CT molecular complexity index is 283. The van der Waals surface area contributed by atoms with E-state index in [4.69, 9.17) is 5.11 Å². The summed E-state index contributed by atoms with van der Waals surface area (Å²) in [6, 6.07) is 0. The molecule has 0 bridgehead atoms. The lowest BCUT2D eigenvalue weighted by Gasteiger charge is -1.90. The lowest BCUT2D eigenvalue weighted by atomic mass is 10.8. The van der Waals surface area contributed by atoms with Gasteiger partial charge in [0.2, 0.25) is 0 Å². The number of nitrogens with one attached hydrogen (secondary N) is 1. The zero-order valence-corrected chi connectivity index (χ0v) is 6.09. The molecule has 1 amide bonds. The number of anilines is 1. The molecule has 0 aliphatic carbocycles. The highest BCUT2D eigenvalue weighted by Crippen LogP contribution is 2.16. The van der Waals surface area contributed by atoms with Crippen LogP contribution < -0.4 is 5.32 Å². The van der Waals surface area contributed by atoms with Crippen LogP contribution in [0.15, 0.2) is 6.20 Å². The van der Waals surface area contributed by atoms with Crippen molar-refractivity contribution in [3.8, 4) is 0 Å². The zero-order valence-electron chi connectivity index (χ0n) is 5.27. The molecule has 0 aliphatic heterocycles. The number of thiazole rings is 1. The summed E-state index contributed by atoms with van der Waals surface area (Å²) < 4.78 is 0. The predicted octanol–water partition coefficient (Wildman–Crippen LogP) is 1.05. The largest absolute Gasteiger partial charge is 0.465 e. The van der Waals surface area contributed by atoms with Gasteiger partial charge in [0.1, 0.15) is 5.00 Å². The molecule has 0 atom stereocenters. The molecule has 58 valence electrons. The smallest absolute Gasteiger partial charge is 0.409 e. The highest BCUT2D eigenvalue weighted by molar-refractivity contribution is 7.17. The summed E-state index contributed by atoms with van der Waals surface area (Å²) in [5.41, 5.74) is 0. The molecule has 2 N–H and O–H groups in total. The number of aromatic nitrogens is 1. The second-order valence-electron chi connectivity index (χ2n) is 1.61. The van der Waals surface area contributed by atoms with E-state index in [0.29, 0.717) is 11.3 Å². The first-order chi connectivity index (χ1) is 5.22. The van der Waals surface area contributed by atoms with E-state index in [1.807, 2.05) is 0 Å². The third kappa shape index (κ3) is 2.01. The van der Waals surface area contributed by atoms with Crippen LogP contribution in [0.4, 0.5) is 9.80 Å². The number of rotatable bonds is 2. The van der Waals surface area contributed by atoms with Crippen molar-refractivity contribution < 1.29 is 14.7 Å². The van der Waals surface area contributed by atoms with E-state index in [9.17, 15) is 9.59 Å². The van der Waals surface area contributed by atoms with Gasteiger partial charge in [-0.3, -0.25) is 10.1 Å². The number of carboxylic acid groups (broad SMARTS) is 1. The summed E-state index contributed by atoms with van der Waals surface area (Å²) in [6.07, 6.45) is 0.700. The highest BCUT2D eigenvalue weighted by Gasteiger charge is 2.02. The van der Waals surface area contributed by atoms with E-state index in [1.54, 1.807) is 0 Å². The summed E-state index contributed by atoms with van der Waals surface area (Å²) in [4.78, 5) is 23.7. The van der Waals surface area contributed by atoms with E-state index in [1.165, 1.54) is 6.20 Å². The maximum Gasteiger partial charge on any atom is 0.409 e. The zero-order chi connectivity index (χ0) is 8.27. The van der Waals surface area contributed by atoms with Crippen LogP contribution >= 0.6 is 11.3 Å². The highest BCUT2D eigenvalue weighted by atomic mass is 32.1. The lowest BCUT2D eigenvalue weighted by molar-refractivity contribution is 0.112. The van der Waals surface area contributed by atoms with Crippen molar-refractivity contribution in [1.82, 2.24) is 4.98 Å². The first kappa shape index (κ1) is 7.67. The summed E-state index contributed by atoms with van der Waals surface area (Å²) >= 11 is 0.990. The van der Waals surface area contributed by atoms with Crippen molar-refractivity contribution in [3.05, 3.63) is 11.2 Å². The molecule has 0 radical (unpaired) electrons. The molecule has 1 heterocycles. The molecule has 0 fully saturated rings. The standard InChI is InChI=1S/C5H4N2O3S/c8-2-4-6-1-3(11-4)7-5(9)10/h1-2,7H,(H,9,10). The summed E-state index contributed by atoms with van der Waals surface area (Å²) in [6.45, 7) is 0. The van der Waals surface area contributed by atoms with E-state index < -0.39 is 6.09 Å². The Morgan fingerprint density at radius 3 is 3.00 bits per heavy atom. The van der Waals surface area contributed by atoms with Crippen LogP contribution in [-0.2, 0) is 0 Å². The number of nitrogens with zero attached hydrogens (tertiary/aromatic N) is 1. The fourth-order valence-electron chi connectivity index (χ4n) is 0.505. The number of carbonyl (C=O) groups is 2. The van der Waals surface area contributed by atoms with Crippen LogP contribution in [0.3, 0.4) is 0 Å². The van der Waals surface area contributed by atoms with Crippen LogP contribution in [-0.4, -0.2) is 22.5 Å². The molecular weight excluding hydrogens is 168 g/mol. The number of aldehydes is 1. The molecule has 1 aromatic rings. The minimum absolute atomic E-state index is 0.258. The summed E-state index contributed by atoms with van der Waals surface area (Å²) in [5, 5.41) is 10.9. The molecule has 6 heteroatoms. The molecule has 0 saturated carbocycles. The van der Waals surface area contributed by atoms with Crippen molar-refractivity contribution in [2.75, 3.05) is 5.32 Å². The molecule has 0 aromatic carbocycles. The van der Waals surface area contributed by atoms with Gasteiger partial charge in [0.05, 0.1) is 6.20 Å². The molecule has 11 heavy (non-hydrogen) atoms. The third-order valence-corrected chi connectivity index (χ3v) is 1.69. The molecule has 1 aromatic heterocycles. The van der Waals surface area contributed by atoms with Gasteiger partial charge in [-0.1, -0.05) is 11.3 Å². The monoisotopic (exact) mass is 172 g/mol. The molecule has 0 saturated heterocycles. The minimum atomic E-state index is -1.16. The van der Waals surface area contributed by atoms with Crippen LogP contribution in [0.25, 0.3) is 0 Å². The van der Waals surface area contributed by atoms with E-state index in [0.717, 1.165) is 11.3 Å². The topological polar surface area (TPSA) is 79.3 Å². The average molecular weight is 172 g/mol. The van der Waals surface area contributed by atoms with Crippen molar-refractivity contribution in [2.24, 2.45) is 0 Å². The number of hydrogen-bond acceptors (Lipinski definition) is 4. The Labute approximate surface area is 65.7 Å². The normalized spacial score (nSPS) is 9.09. The van der Waals surface area contributed by atoms with Crippen LogP contribution in [0.1, 0.15) is 9.80 Å². The van der Waals surface area contributed by atoms with Gasteiger partial charge in [-0.25, -0.2) is 9.78 Å². The Kier molecular flexibility index (Phi) is 2.17. The molecule has 0 aliphatic rings. The molecule has 0 spiro atoms. The van der Waals surface area contributed by atoms with Crippen molar-refractivity contribution in [1.29, 1.82) is 0 Å². The first-order valence-electron chi connectivity index (χ1n) is 2.63. The maximum absolute atomic E-state index is 10.1. The fourth-order valence-corrected chi connectivity index (χ4v) is 1.13. The SMILES string of the molecule is O=Cc1ncc(NC(=O)O)s1. The van der Waals surface area contributed by atoms with Gasteiger partial charge in [-0.05, 0) is 0 Å². The van der Waals surface area contributed by atoms with Crippen molar-refractivity contribution in [2.45, 2.75) is 0 Å². The van der Waals surface area contributed by atoms with Gasteiger partial charge in [-0.2, -0.15) is 0 Å². The van der Waals surface area contributed by atoms with E-state index >= 15 is 0 Å².